The van der Waals surface area contributed by atoms with Crippen LogP contribution >= 0.6 is 49.9 Å². The quantitative estimate of drug-likeness (QED) is 0.669. The molecule has 0 aromatic carbocycles. The lowest BCUT2D eigenvalue weighted by atomic mass is 11.0. The Morgan fingerprint density at radius 2 is 2.57 bits per heavy atom. The fraction of sp³-hybridized carbons (Fsp3) is 0. The number of hydrogen-bond donors (Lipinski definition) is 0. The monoisotopic (exact) mass is 289 g/mol. The molecule has 0 bridgehead atoms. The summed E-state index contributed by atoms with van der Waals surface area (Å²) in [4.78, 5) is 4.03. The number of rotatable bonds is 0. The van der Waals surface area contributed by atoms with Crippen LogP contribution in [0.15, 0.2) is 9.30 Å². The van der Waals surface area contributed by atoms with Crippen molar-refractivity contribution in [2.75, 3.05) is 0 Å². The van der Waals surface area contributed by atoms with Crippen LogP contribution < -0.4 is 0 Å². The second-order valence-corrected chi connectivity index (χ2v) is 4.16. The standard InChI is InChI=1S/C3HBrINS/c4-3-6-2(5)1-7-3/h1H. The molecule has 1 heterocycles. The van der Waals surface area contributed by atoms with E-state index in [-0.39, 0.29) is 0 Å². The third-order valence-electron chi connectivity index (χ3n) is 0.448. The van der Waals surface area contributed by atoms with Crippen molar-refractivity contribution in [1.29, 1.82) is 0 Å². The Bertz CT molecular complexity index is 147. The highest BCUT2D eigenvalue weighted by Crippen LogP contribution is 2.16. The Balaban J connectivity index is 3.04. The predicted molar refractivity (Wildman–Crippen MR) is 42.5 cm³/mol. The molecule has 0 spiro atoms. The van der Waals surface area contributed by atoms with Crippen molar-refractivity contribution in [2.24, 2.45) is 0 Å². The third kappa shape index (κ3) is 1.65. The van der Waals surface area contributed by atoms with Crippen molar-refractivity contribution in [3.8, 4) is 0 Å². The molecule has 1 rings (SSSR count). The molecule has 0 N–H and O–H groups in total. The maximum absolute atomic E-state index is 4.03. The molecule has 0 aliphatic carbocycles. The van der Waals surface area contributed by atoms with Crippen LogP contribution in [0.5, 0.6) is 0 Å². The number of thiazole rings is 1. The van der Waals surface area contributed by atoms with Gasteiger partial charge in [-0.25, -0.2) is 4.98 Å². The van der Waals surface area contributed by atoms with Gasteiger partial charge >= 0.3 is 0 Å². The Kier molecular flexibility index (Phi) is 2.05. The molecule has 0 saturated heterocycles. The summed E-state index contributed by atoms with van der Waals surface area (Å²) in [5.74, 6) is 0. The Labute approximate surface area is 67.4 Å². The molecule has 1 aromatic heterocycles. The highest BCUT2D eigenvalue weighted by molar-refractivity contribution is 14.1. The number of nitrogens with zero attached hydrogens (tertiary/aromatic N) is 1. The van der Waals surface area contributed by atoms with E-state index in [4.69, 9.17) is 0 Å². The zero-order valence-corrected chi connectivity index (χ0v) is 7.75. The van der Waals surface area contributed by atoms with Crippen LogP contribution in [0.4, 0.5) is 0 Å². The van der Waals surface area contributed by atoms with E-state index in [0.717, 1.165) is 7.62 Å². The zero-order chi connectivity index (χ0) is 5.28. The fourth-order valence-corrected chi connectivity index (χ4v) is 2.22. The molecule has 7 heavy (non-hydrogen) atoms. The van der Waals surface area contributed by atoms with Gasteiger partial charge in [-0.1, -0.05) is 0 Å². The largest absolute Gasteiger partial charge is 0.223 e. The van der Waals surface area contributed by atoms with Gasteiger partial charge < -0.3 is 0 Å². The lowest BCUT2D eigenvalue weighted by molar-refractivity contribution is 1.32. The molecule has 0 atom stereocenters. The van der Waals surface area contributed by atoms with Crippen molar-refractivity contribution < 1.29 is 0 Å². The van der Waals surface area contributed by atoms with E-state index in [1.54, 1.807) is 11.3 Å². The van der Waals surface area contributed by atoms with Gasteiger partial charge in [0, 0.05) is 5.38 Å². The van der Waals surface area contributed by atoms with Crippen molar-refractivity contribution in [1.82, 2.24) is 4.98 Å². The molecule has 0 amide bonds. The van der Waals surface area contributed by atoms with Crippen LogP contribution in [-0.4, -0.2) is 4.98 Å². The number of hydrogen-bond acceptors (Lipinski definition) is 2. The Hall–Kier alpha value is 0.840. The molecule has 0 unspecified atom stereocenters. The van der Waals surface area contributed by atoms with Crippen LogP contribution in [0, 0.1) is 3.70 Å². The molecule has 1 nitrogen and oxygen atoms in total. The van der Waals surface area contributed by atoms with E-state index in [1.807, 2.05) is 5.38 Å². The van der Waals surface area contributed by atoms with Gasteiger partial charge in [0.2, 0.25) is 0 Å². The van der Waals surface area contributed by atoms with Crippen LogP contribution in [-0.2, 0) is 0 Å². The SMILES string of the molecule is Brc1nc(I)cs1. The summed E-state index contributed by atoms with van der Waals surface area (Å²) in [6.45, 7) is 0. The van der Waals surface area contributed by atoms with Crippen molar-refractivity contribution >= 4 is 49.9 Å². The summed E-state index contributed by atoms with van der Waals surface area (Å²) in [5, 5.41) is 1.99. The van der Waals surface area contributed by atoms with Crippen molar-refractivity contribution in [3.05, 3.63) is 13.0 Å². The summed E-state index contributed by atoms with van der Waals surface area (Å²) < 4.78 is 2.01. The molecule has 1 aromatic rings. The average molecular weight is 290 g/mol. The molecule has 0 aliphatic heterocycles. The number of halogens is 2. The lowest BCUT2D eigenvalue weighted by Crippen LogP contribution is -1.61. The summed E-state index contributed by atoms with van der Waals surface area (Å²) in [7, 11) is 0. The molecular weight excluding hydrogens is 289 g/mol. The summed E-state index contributed by atoms with van der Waals surface area (Å²) in [5.41, 5.74) is 0. The minimum absolute atomic E-state index is 0.955. The summed E-state index contributed by atoms with van der Waals surface area (Å²) in [6, 6.07) is 0. The van der Waals surface area contributed by atoms with E-state index in [1.165, 1.54) is 0 Å². The molecule has 4 heteroatoms. The summed E-state index contributed by atoms with van der Waals surface area (Å²) in [6.07, 6.45) is 0. The molecule has 0 fully saturated rings. The zero-order valence-electron chi connectivity index (χ0n) is 3.19. The van der Waals surface area contributed by atoms with Crippen LogP contribution in [0.3, 0.4) is 0 Å². The van der Waals surface area contributed by atoms with Gasteiger partial charge in [-0.05, 0) is 38.5 Å². The Morgan fingerprint density at radius 1 is 1.86 bits per heavy atom. The maximum atomic E-state index is 4.03. The molecule has 0 radical (unpaired) electrons. The average Bonchev–Trinajstić information content (AvgIpc) is 1.87. The minimum atomic E-state index is 0.955. The van der Waals surface area contributed by atoms with E-state index < -0.39 is 0 Å². The van der Waals surface area contributed by atoms with E-state index in [0.29, 0.717) is 0 Å². The molecule has 0 saturated carbocycles. The van der Waals surface area contributed by atoms with Crippen LogP contribution in [0.1, 0.15) is 0 Å². The highest BCUT2D eigenvalue weighted by Gasteiger charge is 1.89. The molecule has 0 aliphatic rings. The Morgan fingerprint density at radius 3 is 2.71 bits per heavy atom. The minimum Gasteiger partial charge on any atom is -0.223 e. The molecular formula is C3HBrINS. The maximum Gasteiger partial charge on any atom is 0.160 e. The highest BCUT2D eigenvalue weighted by atomic mass is 127. The predicted octanol–water partition coefficient (Wildman–Crippen LogP) is 2.51. The first kappa shape index (κ1) is 5.97. The van der Waals surface area contributed by atoms with Crippen LogP contribution in [0.25, 0.3) is 0 Å². The van der Waals surface area contributed by atoms with Gasteiger partial charge in [-0.2, -0.15) is 0 Å². The lowest BCUT2D eigenvalue weighted by Gasteiger charge is -1.67. The van der Waals surface area contributed by atoms with E-state index in [9.17, 15) is 0 Å². The van der Waals surface area contributed by atoms with E-state index in [2.05, 4.69) is 43.5 Å². The fourth-order valence-electron chi connectivity index (χ4n) is 0.234. The first-order valence-corrected chi connectivity index (χ1v) is 4.31. The van der Waals surface area contributed by atoms with Crippen LogP contribution in [0.2, 0.25) is 0 Å². The third-order valence-corrected chi connectivity index (χ3v) is 2.79. The normalized spacial score (nSPS) is 9.43. The van der Waals surface area contributed by atoms with Gasteiger partial charge in [0.1, 0.15) is 3.70 Å². The van der Waals surface area contributed by atoms with Gasteiger partial charge in [-0.3, -0.25) is 0 Å². The van der Waals surface area contributed by atoms with Gasteiger partial charge in [-0.15, -0.1) is 11.3 Å². The summed E-state index contributed by atoms with van der Waals surface area (Å²) >= 11 is 7.01. The second-order valence-electron chi connectivity index (χ2n) is 0.923. The smallest absolute Gasteiger partial charge is 0.160 e. The van der Waals surface area contributed by atoms with Gasteiger partial charge in [0.15, 0.2) is 3.92 Å². The van der Waals surface area contributed by atoms with E-state index >= 15 is 0 Å². The topological polar surface area (TPSA) is 12.9 Å². The second kappa shape index (κ2) is 2.41. The first-order valence-electron chi connectivity index (χ1n) is 1.55. The van der Waals surface area contributed by atoms with Crippen molar-refractivity contribution in [3.63, 3.8) is 0 Å². The van der Waals surface area contributed by atoms with Gasteiger partial charge in [0.05, 0.1) is 0 Å². The van der Waals surface area contributed by atoms with Crippen molar-refractivity contribution in [2.45, 2.75) is 0 Å². The molecule has 38 valence electrons. The number of aromatic nitrogens is 1. The first-order chi connectivity index (χ1) is 3.29. The van der Waals surface area contributed by atoms with Gasteiger partial charge in [0.25, 0.3) is 0 Å².